The van der Waals surface area contributed by atoms with Crippen LogP contribution < -0.4 is 14.8 Å². The Kier molecular flexibility index (Phi) is 4.18. The number of nitrogens with one attached hydrogen (secondary N) is 1. The summed E-state index contributed by atoms with van der Waals surface area (Å²) in [6.45, 7) is 2.54. The van der Waals surface area contributed by atoms with Crippen molar-refractivity contribution in [3.8, 4) is 11.5 Å². The number of hydrogen-bond acceptors (Lipinski definition) is 5. The first kappa shape index (κ1) is 13.1. The molecule has 0 radical (unpaired) electrons. The van der Waals surface area contributed by atoms with Gasteiger partial charge in [0.05, 0.1) is 19.9 Å². The standard InChI is InChI=1S/C14H17N3O2/c1-10-14(16-7-6-15-10)17-9-11-4-5-12(18-2)8-13(11)19-3/h4-8H,9H2,1-3H3,(H,16,17). The third kappa shape index (κ3) is 3.13. The van der Waals surface area contributed by atoms with Crippen molar-refractivity contribution in [1.29, 1.82) is 0 Å². The minimum atomic E-state index is 0.618. The SMILES string of the molecule is COc1ccc(CNc2nccnc2C)c(OC)c1. The number of anilines is 1. The van der Waals surface area contributed by atoms with Gasteiger partial charge in [0.2, 0.25) is 0 Å². The molecule has 1 aromatic heterocycles. The second-order valence-corrected chi connectivity index (χ2v) is 4.02. The molecular weight excluding hydrogens is 242 g/mol. The average Bonchev–Trinajstić information content (AvgIpc) is 2.46. The predicted octanol–water partition coefficient (Wildman–Crippen LogP) is 2.41. The van der Waals surface area contributed by atoms with E-state index in [4.69, 9.17) is 9.47 Å². The fourth-order valence-corrected chi connectivity index (χ4v) is 1.76. The minimum absolute atomic E-state index is 0.618. The number of benzene rings is 1. The van der Waals surface area contributed by atoms with E-state index in [-0.39, 0.29) is 0 Å². The lowest BCUT2D eigenvalue weighted by Gasteiger charge is -2.12. The van der Waals surface area contributed by atoms with Gasteiger partial charge in [0.25, 0.3) is 0 Å². The average molecular weight is 259 g/mol. The smallest absolute Gasteiger partial charge is 0.147 e. The first-order valence-corrected chi connectivity index (χ1v) is 5.97. The van der Waals surface area contributed by atoms with Crippen molar-refractivity contribution in [1.82, 2.24) is 9.97 Å². The molecule has 0 aliphatic heterocycles. The van der Waals surface area contributed by atoms with Gasteiger partial charge in [0, 0.05) is 30.6 Å². The van der Waals surface area contributed by atoms with Gasteiger partial charge in [-0.2, -0.15) is 0 Å². The van der Waals surface area contributed by atoms with Gasteiger partial charge >= 0.3 is 0 Å². The summed E-state index contributed by atoms with van der Waals surface area (Å²) in [5, 5.41) is 3.25. The van der Waals surface area contributed by atoms with Gasteiger partial charge in [-0.25, -0.2) is 4.98 Å². The van der Waals surface area contributed by atoms with Crippen LogP contribution in [0.1, 0.15) is 11.3 Å². The topological polar surface area (TPSA) is 56.3 Å². The van der Waals surface area contributed by atoms with E-state index in [9.17, 15) is 0 Å². The molecule has 0 bridgehead atoms. The first-order chi connectivity index (χ1) is 9.24. The van der Waals surface area contributed by atoms with Gasteiger partial charge in [-0.3, -0.25) is 4.98 Å². The van der Waals surface area contributed by atoms with Crippen molar-refractivity contribution in [2.45, 2.75) is 13.5 Å². The zero-order chi connectivity index (χ0) is 13.7. The normalized spacial score (nSPS) is 10.1. The Bertz CT molecular complexity index is 558. The molecule has 0 atom stereocenters. The summed E-state index contributed by atoms with van der Waals surface area (Å²) in [5.41, 5.74) is 1.91. The molecular formula is C14H17N3O2. The Balaban J connectivity index is 2.13. The Morgan fingerprint density at radius 2 is 1.89 bits per heavy atom. The molecule has 1 aromatic carbocycles. The maximum absolute atomic E-state index is 5.35. The molecule has 0 saturated carbocycles. The van der Waals surface area contributed by atoms with E-state index in [2.05, 4.69) is 15.3 Å². The summed E-state index contributed by atoms with van der Waals surface area (Å²) in [6, 6.07) is 5.74. The quantitative estimate of drug-likeness (QED) is 0.893. The van der Waals surface area contributed by atoms with Gasteiger partial charge in [0.15, 0.2) is 0 Å². The Hall–Kier alpha value is -2.30. The molecule has 0 amide bonds. The van der Waals surface area contributed by atoms with Crippen LogP contribution in [0.4, 0.5) is 5.82 Å². The lowest BCUT2D eigenvalue weighted by Crippen LogP contribution is -2.05. The van der Waals surface area contributed by atoms with Crippen molar-refractivity contribution in [2.24, 2.45) is 0 Å². The summed E-state index contributed by atoms with van der Waals surface area (Å²) in [7, 11) is 3.28. The van der Waals surface area contributed by atoms with Gasteiger partial charge in [-0.05, 0) is 19.1 Å². The number of hydrogen-bond donors (Lipinski definition) is 1. The maximum Gasteiger partial charge on any atom is 0.147 e. The van der Waals surface area contributed by atoms with Gasteiger partial charge < -0.3 is 14.8 Å². The van der Waals surface area contributed by atoms with Crippen LogP contribution >= 0.6 is 0 Å². The Morgan fingerprint density at radius 3 is 2.58 bits per heavy atom. The zero-order valence-corrected chi connectivity index (χ0v) is 11.3. The van der Waals surface area contributed by atoms with E-state index in [1.807, 2.05) is 25.1 Å². The van der Waals surface area contributed by atoms with Crippen LogP contribution in [0.25, 0.3) is 0 Å². The molecule has 0 fully saturated rings. The van der Waals surface area contributed by atoms with Crippen molar-refractivity contribution in [3.63, 3.8) is 0 Å². The molecule has 0 spiro atoms. The fraction of sp³-hybridized carbons (Fsp3) is 0.286. The summed E-state index contributed by atoms with van der Waals surface area (Å²) in [4.78, 5) is 8.43. The van der Waals surface area contributed by atoms with Crippen LogP contribution in [-0.2, 0) is 6.54 Å². The molecule has 2 rings (SSSR count). The highest BCUT2D eigenvalue weighted by atomic mass is 16.5. The Morgan fingerprint density at radius 1 is 1.11 bits per heavy atom. The second kappa shape index (κ2) is 6.04. The highest BCUT2D eigenvalue weighted by Crippen LogP contribution is 2.25. The molecule has 0 aliphatic carbocycles. The number of rotatable bonds is 5. The van der Waals surface area contributed by atoms with Crippen LogP contribution in [0.15, 0.2) is 30.6 Å². The zero-order valence-electron chi connectivity index (χ0n) is 11.3. The summed E-state index contributed by atoms with van der Waals surface area (Å²) >= 11 is 0. The molecule has 0 aliphatic rings. The van der Waals surface area contributed by atoms with Crippen LogP contribution in [0, 0.1) is 6.92 Å². The molecule has 1 heterocycles. The lowest BCUT2D eigenvalue weighted by atomic mass is 10.2. The fourth-order valence-electron chi connectivity index (χ4n) is 1.76. The highest BCUT2D eigenvalue weighted by molar-refractivity contribution is 5.45. The van der Waals surface area contributed by atoms with E-state index < -0.39 is 0 Å². The third-order valence-electron chi connectivity index (χ3n) is 2.82. The molecule has 100 valence electrons. The first-order valence-electron chi connectivity index (χ1n) is 5.97. The summed E-state index contributed by atoms with van der Waals surface area (Å²) < 4.78 is 10.5. The number of ether oxygens (including phenoxy) is 2. The molecule has 1 N–H and O–H groups in total. The number of aryl methyl sites for hydroxylation is 1. The highest BCUT2D eigenvalue weighted by Gasteiger charge is 2.06. The molecule has 19 heavy (non-hydrogen) atoms. The number of methoxy groups -OCH3 is 2. The van der Waals surface area contributed by atoms with Crippen molar-refractivity contribution in [3.05, 3.63) is 41.9 Å². The van der Waals surface area contributed by atoms with E-state index in [1.165, 1.54) is 0 Å². The Labute approximate surface area is 112 Å². The number of aromatic nitrogens is 2. The van der Waals surface area contributed by atoms with Crippen molar-refractivity contribution < 1.29 is 9.47 Å². The second-order valence-electron chi connectivity index (χ2n) is 4.02. The molecule has 0 saturated heterocycles. The van der Waals surface area contributed by atoms with Crippen LogP contribution in [0.3, 0.4) is 0 Å². The van der Waals surface area contributed by atoms with Crippen LogP contribution in [-0.4, -0.2) is 24.2 Å². The van der Waals surface area contributed by atoms with Crippen molar-refractivity contribution in [2.75, 3.05) is 19.5 Å². The van der Waals surface area contributed by atoms with Crippen LogP contribution in [0.2, 0.25) is 0 Å². The molecule has 0 unspecified atom stereocenters. The van der Waals surface area contributed by atoms with Gasteiger partial charge in [-0.1, -0.05) is 0 Å². The number of nitrogens with zero attached hydrogens (tertiary/aromatic N) is 2. The predicted molar refractivity (Wildman–Crippen MR) is 73.6 cm³/mol. The monoisotopic (exact) mass is 259 g/mol. The molecule has 2 aromatic rings. The maximum atomic E-state index is 5.35. The van der Waals surface area contributed by atoms with Gasteiger partial charge in [-0.15, -0.1) is 0 Å². The van der Waals surface area contributed by atoms with E-state index in [0.29, 0.717) is 6.54 Å². The van der Waals surface area contributed by atoms with E-state index >= 15 is 0 Å². The third-order valence-corrected chi connectivity index (χ3v) is 2.82. The van der Waals surface area contributed by atoms with E-state index in [0.717, 1.165) is 28.6 Å². The molecule has 5 heteroatoms. The largest absolute Gasteiger partial charge is 0.497 e. The van der Waals surface area contributed by atoms with Crippen molar-refractivity contribution >= 4 is 5.82 Å². The summed E-state index contributed by atoms with van der Waals surface area (Å²) in [6.07, 6.45) is 3.34. The van der Waals surface area contributed by atoms with Crippen LogP contribution in [0.5, 0.6) is 11.5 Å². The van der Waals surface area contributed by atoms with E-state index in [1.54, 1.807) is 26.6 Å². The lowest BCUT2D eigenvalue weighted by molar-refractivity contribution is 0.391. The minimum Gasteiger partial charge on any atom is -0.497 e. The van der Waals surface area contributed by atoms with Gasteiger partial charge in [0.1, 0.15) is 17.3 Å². The molecule has 5 nitrogen and oxygen atoms in total. The summed E-state index contributed by atoms with van der Waals surface area (Å²) in [5.74, 6) is 2.34.